The Bertz CT molecular complexity index is 481. The van der Waals surface area contributed by atoms with Gasteiger partial charge >= 0.3 is 0 Å². The van der Waals surface area contributed by atoms with Gasteiger partial charge in [0.2, 0.25) is 5.91 Å². The van der Waals surface area contributed by atoms with E-state index in [1.165, 1.54) is 6.92 Å². The van der Waals surface area contributed by atoms with E-state index in [-0.39, 0.29) is 0 Å². The van der Waals surface area contributed by atoms with Gasteiger partial charge in [0.1, 0.15) is 36.6 Å². The number of hydrogen-bond donors (Lipinski definition) is 8. The largest absolute Gasteiger partial charge is 0.394 e. The van der Waals surface area contributed by atoms with E-state index in [1.54, 1.807) is 0 Å². The molecular weight excluding hydrogens is 356 g/mol. The number of rotatable bonds is 5. The summed E-state index contributed by atoms with van der Waals surface area (Å²) in [4.78, 5) is 11.3. The third-order valence-corrected chi connectivity index (χ3v) is 4.47. The Morgan fingerprint density at radius 3 is 2.19 bits per heavy atom. The van der Waals surface area contributed by atoms with Gasteiger partial charge in [0, 0.05) is 6.92 Å². The van der Waals surface area contributed by atoms with Crippen LogP contribution in [0.4, 0.5) is 0 Å². The predicted octanol–water partition coefficient (Wildman–Crippen LogP) is -5.29. The molecule has 2 saturated heterocycles. The Hall–Kier alpha value is -0.930. The molecular formula is C14H26N2O10. The van der Waals surface area contributed by atoms with Crippen LogP contribution in [0, 0.1) is 0 Å². The van der Waals surface area contributed by atoms with Gasteiger partial charge in [-0.1, -0.05) is 0 Å². The number of carbonyl (C=O) groups excluding carboxylic acids is 1. The molecule has 1 amide bonds. The smallest absolute Gasteiger partial charge is 0.217 e. The van der Waals surface area contributed by atoms with E-state index in [2.05, 4.69) is 5.32 Å². The van der Waals surface area contributed by atoms with Crippen molar-refractivity contribution in [3.63, 3.8) is 0 Å². The second-order valence-electron chi connectivity index (χ2n) is 6.35. The number of nitrogens with one attached hydrogen (secondary N) is 1. The summed E-state index contributed by atoms with van der Waals surface area (Å²) in [6.45, 7) is -0.0284. The summed E-state index contributed by atoms with van der Waals surface area (Å²) in [5, 5.41) is 60.7. The van der Waals surface area contributed by atoms with Crippen LogP contribution in [-0.2, 0) is 19.0 Å². The Morgan fingerprint density at radius 1 is 1.04 bits per heavy atom. The molecule has 0 bridgehead atoms. The molecule has 2 aliphatic heterocycles. The van der Waals surface area contributed by atoms with Crippen molar-refractivity contribution in [2.24, 2.45) is 5.73 Å². The van der Waals surface area contributed by atoms with Crippen LogP contribution in [0.3, 0.4) is 0 Å². The summed E-state index contributed by atoms with van der Waals surface area (Å²) in [5.41, 5.74) is 6.03. The third-order valence-electron chi connectivity index (χ3n) is 4.47. The van der Waals surface area contributed by atoms with Crippen molar-refractivity contribution >= 4 is 5.91 Å². The first-order valence-corrected chi connectivity index (χ1v) is 8.14. The molecule has 0 aromatic heterocycles. The van der Waals surface area contributed by atoms with E-state index in [0.717, 1.165) is 0 Å². The molecule has 0 aliphatic carbocycles. The number of carbonyl (C=O) groups is 1. The zero-order chi connectivity index (χ0) is 19.6. The van der Waals surface area contributed by atoms with Gasteiger partial charge in [-0.2, -0.15) is 0 Å². The van der Waals surface area contributed by atoms with E-state index >= 15 is 0 Å². The maximum absolute atomic E-state index is 11.3. The fraction of sp³-hybridized carbons (Fsp3) is 0.929. The highest BCUT2D eigenvalue weighted by molar-refractivity contribution is 5.73. The minimum absolute atomic E-state index is 0.484. The van der Waals surface area contributed by atoms with Crippen LogP contribution in [0.1, 0.15) is 6.92 Å². The highest BCUT2D eigenvalue weighted by Crippen LogP contribution is 2.27. The molecule has 9 N–H and O–H groups in total. The molecule has 0 saturated carbocycles. The molecule has 2 fully saturated rings. The minimum atomic E-state index is -1.68. The number of aliphatic hydroxyl groups excluding tert-OH is 6. The molecule has 152 valence electrons. The molecule has 12 heteroatoms. The monoisotopic (exact) mass is 382 g/mol. The van der Waals surface area contributed by atoms with Crippen molar-refractivity contribution in [2.45, 2.75) is 68.2 Å². The first-order chi connectivity index (χ1) is 12.2. The molecule has 2 aliphatic rings. The highest BCUT2D eigenvalue weighted by Gasteiger charge is 2.50. The molecule has 2 rings (SSSR count). The van der Waals surface area contributed by atoms with Crippen LogP contribution in [-0.4, -0.2) is 111 Å². The lowest BCUT2D eigenvalue weighted by Crippen LogP contribution is -2.69. The van der Waals surface area contributed by atoms with Crippen molar-refractivity contribution in [1.82, 2.24) is 5.32 Å². The average molecular weight is 382 g/mol. The molecule has 0 unspecified atom stereocenters. The van der Waals surface area contributed by atoms with E-state index in [1.807, 2.05) is 0 Å². The van der Waals surface area contributed by atoms with Crippen molar-refractivity contribution in [1.29, 1.82) is 0 Å². The summed E-state index contributed by atoms with van der Waals surface area (Å²) >= 11 is 0. The van der Waals surface area contributed by atoms with Crippen LogP contribution in [0.5, 0.6) is 0 Å². The minimum Gasteiger partial charge on any atom is -0.394 e. The lowest BCUT2D eigenvalue weighted by Gasteiger charge is -2.46. The summed E-state index contributed by atoms with van der Waals surface area (Å²) in [6.07, 6.45) is -11.4. The molecule has 0 spiro atoms. The Morgan fingerprint density at radius 2 is 1.65 bits per heavy atom. The SMILES string of the molecule is CC(=O)N[C@@H]1[C@@H](N)[C@H](O[C@@H]2O[C@H](CO)[C@H](O)[C@H](O)[C@H]2O)[C@@H](CO)O[C@H]1O. The van der Waals surface area contributed by atoms with E-state index < -0.39 is 80.4 Å². The van der Waals surface area contributed by atoms with Crippen molar-refractivity contribution in [3.05, 3.63) is 0 Å². The van der Waals surface area contributed by atoms with Crippen LogP contribution in [0.2, 0.25) is 0 Å². The van der Waals surface area contributed by atoms with E-state index in [4.69, 9.17) is 19.9 Å². The van der Waals surface area contributed by atoms with Gasteiger partial charge in [-0.3, -0.25) is 4.79 Å². The van der Waals surface area contributed by atoms with Crippen LogP contribution >= 0.6 is 0 Å². The fourth-order valence-electron chi connectivity index (χ4n) is 3.05. The van der Waals surface area contributed by atoms with Crippen LogP contribution in [0.25, 0.3) is 0 Å². The summed E-state index contributed by atoms with van der Waals surface area (Å²) in [5.74, 6) is -0.484. The van der Waals surface area contributed by atoms with Gasteiger partial charge in [0.05, 0.1) is 25.3 Å². The zero-order valence-corrected chi connectivity index (χ0v) is 14.1. The number of hydrogen-bond acceptors (Lipinski definition) is 11. The van der Waals surface area contributed by atoms with Crippen molar-refractivity contribution < 1.29 is 49.6 Å². The average Bonchev–Trinajstić information content (AvgIpc) is 2.60. The quantitative estimate of drug-likeness (QED) is 0.225. The van der Waals surface area contributed by atoms with Crippen LogP contribution < -0.4 is 11.1 Å². The second kappa shape index (κ2) is 8.84. The van der Waals surface area contributed by atoms with Gasteiger partial charge in [-0.05, 0) is 0 Å². The predicted molar refractivity (Wildman–Crippen MR) is 82.2 cm³/mol. The van der Waals surface area contributed by atoms with E-state index in [0.29, 0.717) is 0 Å². The van der Waals surface area contributed by atoms with Gasteiger partial charge in [0.15, 0.2) is 12.6 Å². The standard InChI is InChI=1S/C14H26N2O10/c1-4(19)16-8-7(15)12(6(3-18)24-13(8)23)26-14-11(22)10(21)9(20)5(2-17)25-14/h5-14,17-18,20-23H,2-3,15H2,1H3,(H,16,19)/t5-,6-,7-,8-,9+,10+,11-,12-,13-,14+/m1/s1. The topological polar surface area (TPSA) is 204 Å². The maximum atomic E-state index is 11.3. The van der Waals surface area contributed by atoms with Crippen LogP contribution in [0.15, 0.2) is 0 Å². The van der Waals surface area contributed by atoms with Crippen molar-refractivity contribution in [3.8, 4) is 0 Å². The number of nitrogens with two attached hydrogens (primary N) is 1. The first kappa shape index (κ1) is 21.4. The van der Waals surface area contributed by atoms with Gasteiger partial charge in [0.25, 0.3) is 0 Å². The van der Waals surface area contributed by atoms with Gasteiger partial charge in [-0.15, -0.1) is 0 Å². The van der Waals surface area contributed by atoms with Gasteiger partial charge in [-0.25, -0.2) is 0 Å². The Balaban J connectivity index is 2.16. The lowest BCUT2D eigenvalue weighted by atomic mass is 9.94. The molecule has 0 aromatic carbocycles. The molecule has 26 heavy (non-hydrogen) atoms. The molecule has 0 aromatic rings. The Kier molecular flexibility index (Phi) is 7.27. The number of aliphatic hydroxyl groups is 6. The summed E-state index contributed by atoms with van der Waals surface area (Å²) < 4.78 is 16.0. The second-order valence-corrected chi connectivity index (χ2v) is 6.35. The third kappa shape index (κ3) is 4.31. The summed E-state index contributed by atoms with van der Waals surface area (Å²) in [7, 11) is 0. The summed E-state index contributed by atoms with van der Waals surface area (Å²) in [6, 6.07) is -2.13. The molecule has 0 radical (unpaired) electrons. The zero-order valence-electron chi connectivity index (χ0n) is 14.1. The van der Waals surface area contributed by atoms with Gasteiger partial charge < -0.3 is 55.9 Å². The van der Waals surface area contributed by atoms with Crippen molar-refractivity contribution in [2.75, 3.05) is 13.2 Å². The fourth-order valence-corrected chi connectivity index (χ4v) is 3.05. The number of ether oxygens (including phenoxy) is 3. The highest BCUT2D eigenvalue weighted by atomic mass is 16.7. The maximum Gasteiger partial charge on any atom is 0.217 e. The van der Waals surface area contributed by atoms with E-state index in [9.17, 15) is 35.4 Å². The number of amides is 1. The normalized spacial score (nSPS) is 46.8. The molecule has 12 nitrogen and oxygen atoms in total. The molecule has 10 atom stereocenters. The molecule has 2 heterocycles. The first-order valence-electron chi connectivity index (χ1n) is 8.14. The Labute approximate surface area is 149 Å². The lowest BCUT2D eigenvalue weighted by molar-refractivity contribution is -0.334.